The lowest BCUT2D eigenvalue weighted by Crippen LogP contribution is -2.50. The SMILES string of the molecule is CC1CCN(CCC(=O)CNC(=O)[C@@H]2CC[C@@H]3CN2C(=O)N3OCc2ccccc2)CC1. The first-order valence-corrected chi connectivity index (χ1v) is 11.8. The summed E-state index contributed by atoms with van der Waals surface area (Å²) in [5, 5.41) is 4.18. The van der Waals surface area contributed by atoms with Gasteiger partial charge in [0.05, 0.1) is 12.6 Å². The highest BCUT2D eigenvalue weighted by molar-refractivity contribution is 5.91. The van der Waals surface area contributed by atoms with Crippen LogP contribution in [-0.2, 0) is 21.0 Å². The number of hydrogen-bond donors (Lipinski definition) is 1. The van der Waals surface area contributed by atoms with Crippen LogP contribution in [0.1, 0.15) is 44.6 Å². The fourth-order valence-electron chi connectivity index (χ4n) is 4.75. The number of carbonyl (C=O) groups is 3. The predicted octanol–water partition coefficient (Wildman–Crippen LogP) is 2.19. The molecule has 0 aliphatic carbocycles. The van der Waals surface area contributed by atoms with Crippen molar-refractivity contribution in [1.82, 2.24) is 20.2 Å². The second-order valence-corrected chi connectivity index (χ2v) is 9.30. The molecule has 3 saturated heterocycles. The third-order valence-corrected chi connectivity index (χ3v) is 6.88. The smallest absolute Gasteiger partial charge is 0.345 e. The first-order valence-electron chi connectivity index (χ1n) is 11.8. The summed E-state index contributed by atoms with van der Waals surface area (Å²) in [6.45, 7) is 5.94. The molecule has 174 valence electrons. The van der Waals surface area contributed by atoms with Gasteiger partial charge in [-0.2, -0.15) is 5.06 Å². The second kappa shape index (κ2) is 10.4. The summed E-state index contributed by atoms with van der Waals surface area (Å²) in [7, 11) is 0. The van der Waals surface area contributed by atoms with Gasteiger partial charge in [0.25, 0.3) is 0 Å². The number of ketones is 1. The van der Waals surface area contributed by atoms with Crippen molar-refractivity contribution >= 4 is 17.7 Å². The standard InChI is InChI=1S/C24H34N4O4/c1-18-9-12-26(13-10-18)14-11-21(29)15-25-23(30)22-8-7-20-16-27(22)24(31)28(20)32-17-19-5-3-2-4-6-19/h2-6,18,20,22H,7-17H2,1H3,(H,25,30)/t20-,22+/m1/s1. The third-order valence-electron chi connectivity index (χ3n) is 6.88. The van der Waals surface area contributed by atoms with Crippen LogP contribution < -0.4 is 5.32 Å². The average molecular weight is 443 g/mol. The van der Waals surface area contributed by atoms with E-state index in [1.54, 1.807) is 4.90 Å². The molecule has 4 rings (SSSR count). The van der Waals surface area contributed by atoms with Crippen molar-refractivity contribution in [1.29, 1.82) is 0 Å². The van der Waals surface area contributed by atoms with Crippen molar-refractivity contribution in [2.45, 2.75) is 57.7 Å². The van der Waals surface area contributed by atoms with Gasteiger partial charge >= 0.3 is 6.03 Å². The Morgan fingerprint density at radius 2 is 1.84 bits per heavy atom. The number of likely N-dealkylation sites (tertiary alicyclic amines) is 1. The monoisotopic (exact) mass is 442 g/mol. The molecule has 0 saturated carbocycles. The normalized spacial score (nSPS) is 24.1. The number of carbonyl (C=O) groups excluding carboxylic acids is 3. The number of Topliss-reactive ketones (excluding diaryl/α,β-unsaturated/α-hetero) is 1. The van der Waals surface area contributed by atoms with Gasteiger partial charge in [-0.1, -0.05) is 37.3 Å². The highest BCUT2D eigenvalue weighted by Crippen LogP contribution is 2.30. The number of benzene rings is 1. The molecule has 1 N–H and O–H groups in total. The van der Waals surface area contributed by atoms with Crippen LogP contribution in [-0.4, -0.2) is 77.4 Å². The third kappa shape index (κ3) is 5.48. The Morgan fingerprint density at radius 1 is 1.09 bits per heavy atom. The number of amides is 3. The molecule has 2 bridgehead atoms. The fraction of sp³-hybridized carbons (Fsp3) is 0.625. The Kier molecular flexibility index (Phi) is 7.42. The van der Waals surface area contributed by atoms with Crippen molar-refractivity contribution in [3.8, 4) is 0 Å². The van der Waals surface area contributed by atoms with E-state index in [4.69, 9.17) is 4.84 Å². The lowest BCUT2D eigenvalue weighted by Gasteiger charge is -2.30. The molecular weight excluding hydrogens is 408 g/mol. The Hall–Kier alpha value is -2.45. The molecule has 3 heterocycles. The summed E-state index contributed by atoms with van der Waals surface area (Å²) < 4.78 is 0. The van der Waals surface area contributed by atoms with E-state index in [-0.39, 0.29) is 30.3 Å². The Labute approximate surface area is 189 Å². The number of piperidine rings is 2. The number of hydrogen-bond acceptors (Lipinski definition) is 5. The average Bonchev–Trinajstić information content (AvgIpc) is 3.05. The van der Waals surface area contributed by atoms with Crippen LogP contribution >= 0.6 is 0 Å². The largest absolute Gasteiger partial charge is 0.347 e. The van der Waals surface area contributed by atoms with Gasteiger partial charge in [0.1, 0.15) is 12.6 Å². The molecule has 8 nitrogen and oxygen atoms in total. The highest BCUT2D eigenvalue weighted by atomic mass is 16.7. The van der Waals surface area contributed by atoms with Crippen LogP contribution in [0.15, 0.2) is 30.3 Å². The molecule has 3 aliphatic heterocycles. The minimum atomic E-state index is -0.541. The molecule has 1 aromatic rings. The van der Waals surface area contributed by atoms with Crippen LogP contribution in [0.3, 0.4) is 0 Å². The van der Waals surface area contributed by atoms with Crippen LogP contribution in [0.25, 0.3) is 0 Å². The molecule has 32 heavy (non-hydrogen) atoms. The zero-order valence-corrected chi connectivity index (χ0v) is 18.9. The van der Waals surface area contributed by atoms with E-state index in [0.29, 0.717) is 32.4 Å². The van der Waals surface area contributed by atoms with E-state index in [0.717, 1.165) is 31.1 Å². The van der Waals surface area contributed by atoms with E-state index in [2.05, 4.69) is 17.1 Å². The molecule has 0 unspecified atom stereocenters. The van der Waals surface area contributed by atoms with Crippen molar-refractivity contribution < 1.29 is 19.2 Å². The van der Waals surface area contributed by atoms with Crippen LogP contribution in [0.5, 0.6) is 0 Å². The Morgan fingerprint density at radius 3 is 2.59 bits per heavy atom. The molecule has 1 aromatic carbocycles. The minimum absolute atomic E-state index is 0.0270. The second-order valence-electron chi connectivity index (χ2n) is 9.30. The summed E-state index contributed by atoms with van der Waals surface area (Å²) in [6.07, 6.45) is 4.10. The van der Waals surface area contributed by atoms with Gasteiger partial charge in [-0.15, -0.1) is 0 Å². The Bertz CT molecular complexity index is 809. The summed E-state index contributed by atoms with van der Waals surface area (Å²) in [5.74, 6) is 0.553. The maximum atomic E-state index is 12.8. The maximum absolute atomic E-state index is 12.8. The van der Waals surface area contributed by atoms with Crippen molar-refractivity contribution in [2.75, 3.05) is 32.7 Å². The zero-order chi connectivity index (χ0) is 22.5. The summed E-state index contributed by atoms with van der Waals surface area (Å²) in [5.41, 5.74) is 0.989. The topological polar surface area (TPSA) is 82.2 Å². The van der Waals surface area contributed by atoms with Crippen LogP contribution in [0.2, 0.25) is 0 Å². The number of nitrogens with one attached hydrogen (secondary N) is 1. The maximum Gasteiger partial charge on any atom is 0.345 e. The fourth-order valence-corrected chi connectivity index (χ4v) is 4.75. The van der Waals surface area contributed by atoms with Gasteiger partial charge in [0.2, 0.25) is 5.91 Å². The molecule has 0 spiro atoms. The van der Waals surface area contributed by atoms with E-state index in [1.165, 1.54) is 17.9 Å². The quantitative estimate of drug-likeness (QED) is 0.634. The van der Waals surface area contributed by atoms with Crippen molar-refractivity contribution in [2.24, 2.45) is 5.92 Å². The van der Waals surface area contributed by atoms with Gasteiger partial charge in [0.15, 0.2) is 5.78 Å². The lowest BCUT2D eigenvalue weighted by molar-refractivity contribution is -0.140. The molecule has 3 fully saturated rings. The van der Waals surface area contributed by atoms with Crippen molar-refractivity contribution in [3.63, 3.8) is 0 Å². The van der Waals surface area contributed by atoms with E-state index < -0.39 is 6.04 Å². The van der Waals surface area contributed by atoms with Crippen molar-refractivity contribution in [3.05, 3.63) is 35.9 Å². The molecular formula is C24H34N4O4. The van der Waals surface area contributed by atoms with E-state index >= 15 is 0 Å². The number of hydroxylamine groups is 2. The first-order chi connectivity index (χ1) is 15.5. The minimum Gasteiger partial charge on any atom is -0.347 e. The zero-order valence-electron chi connectivity index (χ0n) is 18.9. The summed E-state index contributed by atoms with van der Waals surface area (Å²) >= 11 is 0. The van der Waals surface area contributed by atoms with Gasteiger partial charge in [0, 0.05) is 19.5 Å². The Balaban J connectivity index is 1.21. The summed E-state index contributed by atoms with van der Waals surface area (Å²) in [4.78, 5) is 47.5. The molecule has 0 radical (unpaired) electrons. The number of fused-ring (bicyclic) bond motifs is 2. The number of urea groups is 1. The van der Waals surface area contributed by atoms with E-state index in [1.807, 2.05) is 30.3 Å². The molecule has 2 atom stereocenters. The molecule has 3 amide bonds. The van der Waals surface area contributed by atoms with Crippen LogP contribution in [0, 0.1) is 5.92 Å². The summed E-state index contributed by atoms with van der Waals surface area (Å²) in [6, 6.07) is 8.85. The van der Waals surface area contributed by atoms with Gasteiger partial charge in [-0.05, 0) is 50.3 Å². The van der Waals surface area contributed by atoms with Crippen LogP contribution in [0.4, 0.5) is 4.79 Å². The predicted molar refractivity (Wildman–Crippen MR) is 119 cm³/mol. The highest BCUT2D eigenvalue weighted by Gasteiger charge is 2.47. The molecule has 3 aliphatic rings. The lowest BCUT2D eigenvalue weighted by atomic mass is 9.99. The number of nitrogens with zero attached hydrogens (tertiary/aromatic N) is 3. The molecule has 8 heteroatoms. The first kappa shape index (κ1) is 22.7. The molecule has 0 aromatic heterocycles. The van der Waals surface area contributed by atoms with Gasteiger partial charge in [-0.3, -0.25) is 14.4 Å². The van der Waals surface area contributed by atoms with E-state index in [9.17, 15) is 14.4 Å². The van der Waals surface area contributed by atoms with Gasteiger partial charge in [-0.25, -0.2) is 4.79 Å². The van der Waals surface area contributed by atoms with Gasteiger partial charge < -0.3 is 15.1 Å². The number of rotatable bonds is 9.